The van der Waals surface area contributed by atoms with Gasteiger partial charge in [0, 0.05) is 18.8 Å². The van der Waals surface area contributed by atoms with Crippen molar-refractivity contribution in [3.8, 4) is 0 Å². The number of nitrogens with zero attached hydrogens (tertiary/aromatic N) is 1. The third-order valence-electron chi connectivity index (χ3n) is 2.30. The van der Waals surface area contributed by atoms with Crippen LogP contribution in [0.3, 0.4) is 0 Å². The number of benzene rings is 1. The highest BCUT2D eigenvalue weighted by Gasteiger charge is 2.06. The Hall–Kier alpha value is -1.22. The highest BCUT2D eigenvalue weighted by molar-refractivity contribution is 5.88. The molecule has 0 unspecified atom stereocenters. The minimum absolute atomic E-state index is 0. The second-order valence-electron chi connectivity index (χ2n) is 3.56. The molecule has 0 heterocycles. The number of carboxylic acids is 1. The lowest BCUT2D eigenvalue weighted by atomic mass is 10.2. The van der Waals surface area contributed by atoms with Gasteiger partial charge in [0.25, 0.3) is 0 Å². The van der Waals surface area contributed by atoms with Gasteiger partial charge in [-0.2, -0.15) is 0 Å². The fraction of sp³-hybridized carbons (Fsp3) is 0.364. The summed E-state index contributed by atoms with van der Waals surface area (Å²) in [7, 11) is 1.99. The van der Waals surface area contributed by atoms with E-state index in [0.29, 0.717) is 11.6 Å². The molecule has 0 fully saturated rings. The Bertz CT molecular complexity index is 322. The predicted octanol–water partition coefficient (Wildman–Crippen LogP) is 2.65. The van der Waals surface area contributed by atoms with Gasteiger partial charge in [0.15, 0.2) is 0 Å². The first kappa shape index (κ1) is 13.8. The number of hydrogen-bond donors (Lipinski definition) is 1. The Morgan fingerprint density at radius 2 is 1.73 bits per heavy atom. The number of aromatic carboxylic acids is 1. The molecule has 4 heteroatoms. The molecule has 1 rings (SSSR count). The average molecular weight is 230 g/mol. The first-order valence-electron chi connectivity index (χ1n) is 4.58. The fourth-order valence-corrected chi connectivity index (χ4v) is 1.14. The molecule has 0 atom stereocenters. The number of hydrogen-bond acceptors (Lipinski definition) is 2. The van der Waals surface area contributed by atoms with Crippen LogP contribution in [-0.4, -0.2) is 24.2 Å². The molecule has 3 nitrogen and oxygen atoms in total. The van der Waals surface area contributed by atoms with Crippen molar-refractivity contribution in [2.75, 3.05) is 11.9 Å². The molecule has 0 aromatic heterocycles. The van der Waals surface area contributed by atoms with E-state index in [-0.39, 0.29) is 12.4 Å². The molecular weight excluding hydrogens is 214 g/mol. The van der Waals surface area contributed by atoms with Crippen molar-refractivity contribution in [3.63, 3.8) is 0 Å². The molecule has 0 aliphatic heterocycles. The minimum Gasteiger partial charge on any atom is -0.478 e. The van der Waals surface area contributed by atoms with Crippen LogP contribution in [0.25, 0.3) is 0 Å². The van der Waals surface area contributed by atoms with Gasteiger partial charge in [0.05, 0.1) is 5.56 Å². The van der Waals surface area contributed by atoms with Crippen LogP contribution in [0.2, 0.25) is 0 Å². The highest BCUT2D eigenvalue weighted by Crippen LogP contribution is 2.15. The Balaban J connectivity index is 0.00000196. The van der Waals surface area contributed by atoms with Gasteiger partial charge < -0.3 is 10.0 Å². The van der Waals surface area contributed by atoms with E-state index in [1.54, 1.807) is 12.1 Å². The van der Waals surface area contributed by atoms with Crippen molar-refractivity contribution in [1.82, 2.24) is 0 Å². The zero-order chi connectivity index (χ0) is 10.7. The average Bonchev–Trinajstić information content (AvgIpc) is 2.16. The van der Waals surface area contributed by atoms with Gasteiger partial charge in [0.1, 0.15) is 0 Å². The maximum Gasteiger partial charge on any atom is 0.335 e. The van der Waals surface area contributed by atoms with E-state index in [0.717, 1.165) is 5.69 Å². The van der Waals surface area contributed by atoms with Crippen LogP contribution in [0.5, 0.6) is 0 Å². The zero-order valence-corrected chi connectivity index (χ0v) is 9.91. The Kier molecular flexibility index (Phi) is 5.15. The Labute approximate surface area is 96.1 Å². The van der Waals surface area contributed by atoms with Crippen LogP contribution in [-0.2, 0) is 0 Å². The van der Waals surface area contributed by atoms with Crippen LogP contribution >= 0.6 is 12.4 Å². The van der Waals surface area contributed by atoms with E-state index in [4.69, 9.17) is 5.11 Å². The molecule has 0 bridgehead atoms. The van der Waals surface area contributed by atoms with Crippen molar-refractivity contribution < 1.29 is 9.90 Å². The van der Waals surface area contributed by atoms with Gasteiger partial charge >= 0.3 is 5.97 Å². The Morgan fingerprint density at radius 1 is 1.27 bits per heavy atom. The maximum absolute atomic E-state index is 10.6. The van der Waals surface area contributed by atoms with Crippen molar-refractivity contribution in [2.45, 2.75) is 19.9 Å². The molecule has 0 aliphatic rings. The molecular formula is C11H16ClNO2. The predicted molar refractivity (Wildman–Crippen MR) is 64.2 cm³/mol. The van der Waals surface area contributed by atoms with Crippen LogP contribution < -0.4 is 4.90 Å². The number of anilines is 1. The summed E-state index contributed by atoms with van der Waals surface area (Å²) >= 11 is 0. The summed E-state index contributed by atoms with van der Waals surface area (Å²) in [5.41, 5.74) is 1.36. The van der Waals surface area contributed by atoms with Crippen molar-refractivity contribution in [2.24, 2.45) is 0 Å². The monoisotopic (exact) mass is 229 g/mol. The van der Waals surface area contributed by atoms with Gasteiger partial charge in [-0.25, -0.2) is 4.79 Å². The largest absolute Gasteiger partial charge is 0.478 e. The molecule has 84 valence electrons. The lowest BCUT2D eigenvalue weighted by Gasteiger charge is -2.23. The van der Waals surface area contributed by atoms with Crippen LogP contribution in [0.4, 0.5) is 5.69 Å². The number of carbonyl (C=O) groups is 1. The van der Waals surface area contributed by atoms with E-state index in [9.17, 15) is 4.79 Å². The quantitative estimate of drug-likeness (QED) is 0.866. The van der Waals surface area contributed by atoms with E-state index < -0.39 is 5.97 Å². The van der Waals surface area contributed by atoms with Gasteiger partial charge in [-0.3, -0.25) is 0 Å². The van der Waals surface area contributed by atoms with Gasteiger partial charge in [-0.15, -0.1) is 12.4 Å². The lowest BCUT2D eigenvalue weighted by Crippen LogP contribution is -2.25. The third-order valence-corrected chi connectivity index (χ3v) is 2.30. The SMILES string of the molecule is CC(C)N(C)c1ccc(C(=O)O)cc1.Cl. The molecule has 0 aliphatic carbocycles. The maximum atomic E-state index is 10.6. The molecule has 0 saturated heterocycles. The van der Waals surface area contributed by atoms with E-state index in [1.807, 2.05) is 19.2 Å². The van der Waals surface area contributed by atoms with Crippen LogP contribution in [0.1, 0.15) is 24.2 Å². The fourth-order valence-electron chi connectivity index (χ4n) is 1.14. The summed E-state index contributed by atoms with van der Waals surface area (Å²) < 4.78 is 0. The normalized spacial score (nSPS) is 9.60. The standard InChI is InChI=1S/C11H15NO2.ClH/c1-8(2)12(3)10-6-4-9(5-7-10)11(13)14;/h4-8H,1-3H3,(H,13,14);1H. The third kappa shape index (κ3) is 3.44. The summed E-state index contributed by atoms with van der Waals surface area (Å²) in [6.45, 7) is 4.18. The number of halogens is 1. The summed E-state index contributed by atoms with van der Waals surface area (Å²) in [6.07, 6.45) is 0. The topological polar surface area (TPSA) is 40.5 Å². The number of rotatable bonds is 3. The second-order valence-corrected chi connectivity index (χ2v) is 3.56. The molecule has 1 N–H and O–H groups in total. The molecule has 0 spiro atoms. The molecule has 1 aromatic carbocycles. The van der Waals surface area contributed by atoms with Crippen LogP contribution in [0, 0.1) is 0 Å². The van der Waals surface area contributed by atoms with E-state index >= 15 is 0 Å². The number of carboxylic acid groups (broad SMARTS) is 1. The lowest BCUT2D eigenvalue weighted by molar-refractivity contribution is 0.0697. The van der Waals surface area contributed by atoms with E-state index in [1.165, 1.54) is 0 Å². The highest BCUT2D eigenvalue weighted by atomic mass is 35.5. The van der Waals surface area contributed by atoms with E-state index in [2.05, 4.69) is 18.7 Å². The molecule has 0 amide bonds. The molecule has 1 aromatic rings. The first-order valence-corrected chi connectivity index (χ1v) is 4.58. The molecule has 0 radical (unpaired) electrons. The first-order chi connectivity index (χ1) is 6.52. The summed E-state index contributed by atoms with van der Waals surface area (Å²) in [5, 5.41) is 8.71. The summed E-state index contributed by atoms with van der Waals surface area (Å²) in [6, 6.07) is 7.30. The Morgan fingerprint density at radius 3 is 2.07 bits per heavy atom. The van der Waals surface area contributed by atoms with Gasteiger partial charge in [-0.05, 0) is 38.1 Å². The summed E-state index contributed by atoms with van der Waals surface area (Å²) in [5.74, 6) is -0.885. The van der Waals surface area contributed by atoms with Crippen molar-refractivity contribution in [1.29, 1.82) is 0 Å². The smallest absolute Gasteiger partial charge is 0.335 e. The van der Waals surface area contributed by atoms with Crippen molar-refractivity contribution >= 4 is 24.1 Å². The van der Waals surface area contributed by atoms with Gasteiger partial charge in [-0.1, -0.05) is 0 Å². The second kappa shape index (κ2) is 5.61. The van der Waals surface area contributed by atoms with Gasteiger partial charge in [0.2, 0.25) is 0 Å². The molecule has 15 heavy (non-hydrogen) atoms. The zero-order valence-electron chi connectivity index (χ0n) is 9.10. The van der Waals surface area contributed by atoms with Crippen molar-refractivity contribution in [3.05, 3.63) is 29.8 Å². The molecule has 0 saturated carbocycles. The van der Waals surface area contributed by atoms with Crippen LogP contribution in [0.15, 0.2) is 24.3 Å². The minimum atomic E-state index is -0.885. The summed E-state index contributed by atoms with van der Waals surface area (Å²) in [4.78, 5) is 12.7.